The highest BCUT2D eigenvalue weighted by atomic mass is 19.1. The molecule has 2 rings (SSSR count). The molecule has 1 unspecified atom stereocenters. The number of nitrogens with zero attached hydrogens (tertiary/aromatic N) is 2. The van der Waals surface area contributed by atoms with Gasteiger partial charge in [0.05, 0.1) is 23.8 Å². The van der Waals surface area contributed by atoms with E-state index < -0.39 is 16.8 Å². The van der Waals surface area contributed by atoms with Crippen LogP contribution >= 0.6 is 0 Å². The van der Waals surface area contributed by atoms with Gasteiger partial charge in [-0.2, -0.15) is 0 Å². The predicted molar refractivity (Wildman–Crippen MR) is 73.7 cm³/mol. The first-order chi connectivity index (χ1) is 10.0. The number of benzene rings is 1. The summed E-state index contributed by atoms with van der Waals surface area (Å²) in [6.45, 7) is 1.01. The van der Waals surface area contributed by atoms with E-state index in [0.717, 1.165) is 18.9 Å². The number of non-ortho nitro benzene ring substituents is 1. The van der Waals surface area contributed by atoms with Crippen molar-refractivity contribution in [2.75, 3.05) is 25.5 Å². The average molecular weight is 297 g/mol. The fourth-order valence-corrected chi connectivity index (χ4v) is 2.34. The molecule has 1 atom stereocenters. The van der Waals surface area contributed by atoms with E-state index >= 15 is 0 Å². The van der Waals surface area contributed by atoms with Crippen LogP contribution in [-0.2, 0) is 4.74 Å². The molecule has 1 saturated heterocycles. The Bertz CT molecular complexity index is 552. The number of hydrogen-bond acceptors (Lipinski definition) is 5. The van der Waals surface area contributed by atoms with Crippen molar-refractivity contribution in [3.63, 3.8) is 0 Å². The van der Waals surface area contributed by atoms with Crippen molar-refractivity contribution in [3.05, 3.63) is 34.1 Å². The van der Waals surface area contributed by atoms with Gasteiger partial charge in [-0.3, -0.25) is 10.1 Å². The van der Waals surface area contributed by atoms with Crippen LogP contribution in [0.5, 0.6) is 0 Å². The van der Waals surface area contributed by atoms with Crippen molar-refractivity contribution in [1.82, 2.24) is 4.90 Å². The van der Waals surface area contributed by atoms with Gasteiger partial charge in [0.25, 0.3) is 5.69 Å². The first kappa shape index (κ1) is 15.0. The summed E-state index contributed by atoms with van der Waals surface area (Å²) in [5.41, 5.74) is -0.102. The lowest BCUT2D eigenvalue weighted by atomic mass is 10.1. The molecule has 1 amide bonds. The third-order valence-electron chi connectivity index (χ3n) is 3.38. The van der Waals surface area contributed by atoms with Crippen molar-refractivity contribution >= 4 is 17.5 Å². The van der Waals surface area contributed by atoms with Crippen LogP contribution in [0.15, 0.2) is 18.2 Å². The van der Waals surface area contributed by atoms with Crippen LogP contribution in [0.3, 0.4) is 0 Å². The fraction of sp³-hybridized carbons (Fsp3) is 0.462. The molecule has 0 bridgehead atoms. The number of nitro groups is 1. The Morgan fingerprint density at radius 3 is 2.95 bits per heavy atom. The van der Waals surface area contributed by atoms with Gasteiger partial charge >= 0.3 is 6.09 Å². The largest absolute Gasteiger partial charge is 0.453 e. The maximum Gasteiger partial charge on any atom is 0.409 e. The van der Waals surface area contributed by atoms with Crippen LogP contribution in [0, 0.1) is 15.9 Å². The van der Waals surface area contributed by atoms with Crippen molar-refractivity contribution in [2.24, 2.45) is 0 Å². The molecule has 1 heterocycles. The Balaban J connectivity index is 2.04. The highest BCUT2D eigenvalue weighted by Gasteiger charge is 2.24. The van der Waals surface area contributed by atoms with Gasteiger partial charge in [0.1, 0.15) is 0 Å². The van der Waals surface area contributed by atoms with E-state index in [-0.39, 0.29) is 17.4 Å². The standard InChI is InChI=1S/C13H16FN3O4/c1-21-13(18)16-6-2-3-9(8-16)15-12-5-4-10(17(19)20)7-11(12)14/h4-5,7,9,15H,2-3,6,8H2,1H3. The number of anilines is 1. The summed E-state index contributed by atoms with van der Waals surface area (Å²) in [6, 6.07) is 3.34. The van der Waals surface area contributed by atoms with E-state index in [1.165, 1.54) is 19.2 Å². The van der Waals surface area contributed by atoms with Gasteiger partial charge in [-0.05, 0) is 18.9 Å². The summed E-state index contributed by atoms with van der Waals surface area (Å²) in [5.74, 6) is -0.681. The minimum absolute atomic E-state index is 0.117. The number of rotatable bonds is 3. The summed E-state index contributed by atoms with van der Waals surface area (Å²) >= 11 is 0. The molecule has 7 nitrogen and oxygen atoms in total. The summed E-state index contributed by atoms with van der Waals surface area (Å²) < 4.78 is 18.5. The molecule has 1 aliphatic heterocycles. The molecule has 21 heavy (non-hydrogen) atoms. The van der Waals surface area contributed by atoms with Gasteiger partial charge in [-0.15, -0.1) is 0 Å². The maximum atomic E-state index is 13.8. The number of hydrogen-bond donors (Lipinski definition) is 1. The second-order valence-corrected chi connectivity index (χ2v) is 4.82. The van der Waals surface area contributed by atoms with E-state index in [9.17, 15) is 19.3 Å². The van der Waals surface area contributed by atoms with Crippen LogP contribution < -0.4 is 5.32 Å². The van der Waals surface area contributed by atoms with E-state index in [2.05, 4.69) is 10.1 Å². The maximum absolute atomic E-state index is 13.8. The number of halogens is 1. The molecule has 1 aromatic carbocycles. The Morgan fingerprint density at radius 1 is 1.57 bits per heavy atom. The molecule has 1 fully saturated rings. The number of amides is 1. The average Bonchev–Trinajstić information content (AvgIpc) is 2.48. The summed E-state index contributed by atoms with van der Waals surface area (Å²) in [5, 5.41) is 13.5. The quantitative estimate of drug-likeness (QED) is 0.684. The number of nitrogens with one attached hydrogen (secondary N) is 1. The van der Waals surface area contributed by atoms with Crippen molar-refractivity contribution in [1.29, 1.82) is 0 Å². The zero-order chi connectivity index (χ0) is 15.4. The molecular formula is C13H16FN3O4. The molecular weight excluding hydrogens is 281 g/mol. The highest BCUT2D eigenvalue weighted by Crippen LogP contribution is 2.23. The van der Waals surface area contributed by atoms with Gasteiger partial charge in [-0.25, -0.2) is 9.18 Å². The Morgan fingerprint density at radius 2 is 2.33 bits per heavy atom. The van der Waals surface area contributed by atoms with Crippen LogP contribution in [0.1, 0.15) is 12.8 Å². The Kier molecular flexibility index (Phi) is 4.56. The highest BCUT2D eigenvalue weighted by molar-refractivity contribution is 5.67. The normalized spacial score (nSPS) is 18.2. The van der Waals surface area contributed by atoms with Crippen molar-refractivity contribution < 1.29 is 18.8 Å². The minimum atomic E-state index is -0.681. The number of likely N-dealkylation sites (tertiary alicyclic amines) is 1. The van der Waals surface area contributed by atoms with Gasteiger partial charge in [0, 0.05) is 25.2 Å². The van der Waals surface area contributed by atoms with Crippen LogP contribution in [-0.4, -0.2) is 42.2 Å². The molecule has 0 radical (unpaired) electrons. The van der Waals surface area contributed by atoms with Crippen LogP contribution in [0.25, 0.3) is 0 Å². The number of methoxy groups -OCH3 is 1. The number of carbonyl (C=O) groups excluding carboxylic acids is 1. The molecule has 0 aromatic heterocycles. The predicted octanol–water partition coefficient (Wildman–Crippen LogP) is 2.38. The summed E-state index contributed by atoms with van der Waals surface area (Å²) in [6.07, 6.45) is 1.15. The third kappa shape index (κ3) is 3.59. The molecule has 0 spiro atoms. The Labute approximate surface area is 120 Å². The third-order valence-corrected chi connectivity index (χ3v) is 3.38. The zero-order valence-corrected chi connectivity index (χ0v) is 11.5. The van der Waals surface area contributed by atoms with Gasteiger partial charge < -0.3 is 15.0 Å². The Hall–Kier alpha value is -2.38. The second kappa shape index (κ2) is 6.38. The fourth-order valence-electron chi connectivity index (χ4n) is 2.34. The second-order valence-electron chi connectivity index (χ2n) is 4.82. The first-order valence-electron chi connectivity index (χ1n) is 6.54. The van der Waals surface area contributed by atoms with Gasteiger partial charge in [0.2, 0.25) is 0 Å². The molecule has 1 aromatic rings. The smallest absolute Gasteiger partial charge is 0.409 e. The van der Waals surface area contributed by atoms with E-state index in [4.69, 9.17) is 0 Å². The molecule has 8 heteroatoms. The van der Waals surface area contributed by atoms with Crippen LogP contribution in [0.2, 0.25) is 0 Å². The van der Waals surface area contributed by atoms with E-state index in [1.807, 2.05) is 0 Å². The lowest BCUT2D eigenvalue weighted by Gasteiger charge is -2.32. The first-order valence-corrected chi connectivity index (χ1v) is 6.54. The SMILES string of the molecule is COC(=O)N1CCCC(Nc2ccc([N+](=O)[O-])cc2F)C1. The summed E-state index contributed by atoms with van der Waals surface area (Å²) in [7, 11) is 1.31. The molecule has 0 aliphatic carbocycles. The van der Waals surface area contributed by atoms with E-state index in [0.29, 0.717) is 13.1 Å². The minimum Gasteiger partial charge on any atom is -0.453 e. The van der Waals surface area contributed by atoms with Crippen molar-refractivity contribution in [2.45, 2.75) is 18.9 Å². The lowest BCUT2D eigenvalue weighted by molar-refractivity contribution is -0.385. The number of carbonyl (C=O) groups is 1. The monoisotopic (exact) mass is 297 g/mol. The number of nitro benzene ring substituents is 1. The van der Waals surface area contributed by atoms with Gasteiger partial charge in [-0.1, -0.05) is 0 Å². The molecule has 1 N–H and O–H groups in total. The summed E-state index contributed by atoms with van der Waals surface area (Å²) in [4.78, 5) is 22.9. The van der Waals surface area contributed by atoms with E-state index in [1.54, 1.807) is 4.90 Å². The van der Waals surface area contributed by atoms with Crippen molar-refractivity contribution in [3.8, 4) is 0 Å². The molecule has 1 aliphatic rings. The van der Waals surface area contributed by atoms with Gasteiger partial charge in [0.15, 0.2) is 5.82 Å². The topological polar surface area (TPSA) is 84.7 Å². The zero-order valence-electron chi connectivity index (χ0n) is 11.5. The lowest BCUT2D eigenvalue weighted by Crippen LogP contribution is -2.45. The number of ether oxygens (including phenoxy) is 1. The molecule has 0 saturated carbocycles. The molecule has 114 valence electrons. The van der Waals surface area contributed by atoms with Crippen LogP contribution in [0.4, 0.5) is 20.6 Å². The number of piperidine rings is 1.